The SMILES string of the molecule is Cc1cn2cc(-c3c(-c4ccc(C5CNC5)nn4)ccc(O)c3F)cc(F)c2n1. The summed E-state index contributed by atoms with van der Waals surface area (Å²) in [6.45, 7) is 3.47. The van der Waals surface area contributed by atoms with Crippen molar-refractivity contribution >= 4 is 5.65 Å². The first-order valence-electron chi connectivity index (χ1n) is 9.22. The first kappa shape index (κ1) is 17.7. The molecule has 0 unspecified atom stereocenters. The van der Waals surface area contributed by atoms with Gasteiger partial charge in [-0.25, -0.2) is 13.8 Å². The minimum absolute atomic E-state index is 0.0597. The van der Waals surface area contributed by atoms with E-state index in [0.717, 1.165) is 18.8 Å². The van der Waals surface area contributed by atoms with Crippen molar-refractivity contribution in [2.24, 2.45) is 0 Å². The fraction of sp³-hybridized carbons (Fsp3) is 0.190. The minimum atomic E-state index is -0.841. The van der Waals surface area contributed by atoms with Gasteiger partial charge in [-0.1, -0.05) is 0 Å². The molecule has 5 rings (SSSR count). The van der Waals surface area contributed by atoms with Gasteiger partial charge in [-0.3, -0.25) is 0 Å². The van der Waals surface area contributed by atoms with Gasteiger partial charge in [0.25, 0.3) is 0 Å². The first-order valence-corrected chi connectivity index (χ1v) is 9.22. The largest absolute Gasteiger partial charge is 0.505 e. The topological polar surface area (TPSA) is 75.3 Å². The Kier molecular flexibility index (Phi) is 4.02. The van der Waals surface area contributed by atoms with E-state index in [1.54, 1.807) is 31.5 Å². The molecule has 0 aliphatic carbocycles. The number of rotatable bonds is 3. The number of pyridine rings is 1. The van der Waals surface area contributed by atoms with E-state index in [9.17, 15) is 13.9 Å². The molecular weight excluding hydrogens is 376 g/mol. The highest BCUT2D eigenvalue weighted by molar-refractivity contribution is 5.83. The van der Waals surface area contributed by atoms with Crippen LogP contribution >= 0.6 is 0 Å². The van der Waals surface area contributed by atoms with E-state index in [-0.39, 0.29) is 16.8 Å². The van der Waals surface area contributed by atoms with Gasteiger partial charge < -0.3 is 14.8 Å². The number of nitrogens with zero attached hydrogens (tertiary/aromatic N) is 4. The number of phenolic OH excluding ortho intramolecular Hbond substituents is 1. The number of fused-ring (bicyclic) bond motifs is 1. The maximum absolute atomic E-state index is 15.0. The van der Waals surface area contributed by atoms with Crippen LogP contribution in [0.25, 0.3) is 28.0 Å². The Bertz CT molecular complexity index is 1230. The van der Waals surface area contributed by atoms with Gasteiger partial charge in [0.05, 0.1) is 17.1 Å². The second-order valence-corrected chi connectivity index (χ2v) is 7.21. The van der Waals surface area contributed by atoms with Crippen molar-refractivity contribution in [1.29, 1.82) is 0 Å². The fourth-order valence-electron chi connectivity index (χ4n) is 3.58. The smallest absolute Gasteiger partial charge is 0.173 e. The third-order valence-corrected chi connectivity index (χ3v) is 5.20. The molecule has 4 aromatic rings. The molecule has 1 fully saturated rings. The number of imidazole rings is 1. The van der Waals surface area contributed by atoms with E-state index in [2.05, 4.69) is 20.5 Å². The van der Waals surface area contributed by atoms with E-state index in [4.69, 9.17) is 0 Å². The number of benzene rings is 1. The summed E-state index contributed by atoms with van der Waals surface area (Å²) in [5, 5.41) is 21.7. The molecule has 6 nitrogen and oxygen atoms in total. The summed E-state index contributed by atoms with van der Waals surface area (Å²) >= 11 is 0. The summed E-state index contributed by atoms with van der Waals surface area (Å²) in [4.78, 5) is 4.13. The number of hydrogen-bond donors (Lipinski definition) is 2. The van der Waals surface area contributed by atoms with Gasteiger partial charge in [0.1, 0.15) is 0 Å². The molecule has 1 aliphatic heterocycles. The lowest BCUT2D eigenvalue weighted by molar-refractivity contribution is 0.433. The Morgan fingerprint density at radius 2 is 1.93 bits per heavy atom. The van der Waals surface area contributed by atoms with Crippen LogP contribution in [0.5, 0.6) is 5.75 Å². The van der Waals surface area contributed by atoms with Crippen LogP contribution in [0.2, 0.25) is 0 Å². The van der Waals surface area contributed by atoms with Gasteiger partial charge in [-0.15, -0.1) is 0 Å². The second kappa shape index (κ2) is 6.59. The van der Waals surface area contributed by atoms with Crippen LogP contribution in [0, 0.1) is 18.6 Å². The molecule has 0 spiro atoms. The van der Waals surface area contributed by atoms with Gasteiger partial charge >= 0.3 is 0 Å². The molecule has 1 aliphatic rings. The Balaban J connectivity index is 1.67. The van der Waals surface area contributed by atoms with E-state index in [1.807, 2.05) is 6.07 Å². The van der Waals surface area contributed by atoms with Crippen LogP contribution in [0.4, 0.5) is 8.78 Å². The molecule has 4 heterocycles. The number of aryl methyl sites for hydroxylation is 1. The predicted octanol–water partition coefficient (Wildman–Crippen LogP) is 3.44. The monoisotopic (exact) mass is 393 g/mol. The van der Waals surface area contributed by atoms with E-state index in [0.29, 0.717) is 22.9 Å². The van der Waals surface area contributed by atoms with Crippen LogP contribution in [0.3, 0.4) is 0 Å². The number of nitrogens with one attached hydrogen (secondary N) is 1. The second-order valence-electron chi connectivity index (χ2n) is 7.21. The molecule has 0 atom stereocenters. The highest BCUT2D eigenvalue weighted by atomic mass is 19.1. The number of halogens is 2. The summed E-state index contributed by atoms with van der Waals surface area (Å²) in [6.07, 6.45) is 3.24. The van der Waals surface area contributed by atoms with Crippen LogP contribution in [0.1, 0.15) is 17.3 Å². The standard InChI is InChI=1S/C21H17F2N5O/c1-11-9-28-10-12(6-15(22)21(28)25-11)19-14(2-5-18(29)20(19)23)17-4-3-16(26-27-17)13-7-24-8-13/h2-6,9-10,13,24,29H,7-8H2,1H3. The van der Waals surface area contributed by atoms with Gasteiger partial charge in [0, 0.05) is 48.1 Å². The lowest BCUT2D eigenvalue weighted by Gasteiger charge is -2.25. The van der Waals surface area contributed by atoms with Crippen LogP contribution in [-0.2, 0) is 0 Å². The molecule has 29 heavy (non-hydrogen) atoms. The molecule has 0 radical (unpaired) electrons. The zero-order chi connectivity index (χ0) is 20.1. The Labute approximate surface area is 164 Å². The molecule has 146 valence electrons. The molecule has 1 aromatic carbocycles. The van der Waals surface area contributed by atoms with Crippen molar-refractivity contribution in [3.63, 3.8) is 0 Å². The van der Waals surface area contributed by atoms with Crippen molar-refractivity contribution < 1.29 is 13.9 Å². The lowest BCUT2D eigenvalue weighted by atomic mass is 9.96. The molecule has 2 N–H and O–H groups in total. The lowest BCUT2D eigenvalue weighted by Crippen LogP contribution is -2.40. The zero-order valence-electron chi connectivity index (χ0n) is 15.5. The van der Waals surface area contributed by atoms with Gasteiger partial charge in [0.15, 0.2) is 23.0 Å². The fourth-order valence-corrected chi connectivity index (χ4v) is 3.58. The summed E-state index contributed by atoms with van der Waals surface area (Å²) in [7, 11) is 0. The normalized spacial score (nSPS) is 14.3. The number of aromatic nitrogens is 4. The Hall–Kier alpha value is -3.39. The molecule has 1 saturated heterocycles. The Morgan fingerprint density at radius 3 is 2.62 bits per heavy atom. The molecule has 0 saturated carbocycles. The van der Waals surface area contributed by atoms with Crippen molar-refractivity contribution in [2.75, 3.05) is 13.1 Å². The van der Waals surface area contributed by atoms with Crippen molar-refractivity contribution in [2.45, 2.75) is 12.8 Å². The summed E-state index contributed by atoms with van der Waals surface area (Å²) in [6, 6.07) is 7.67. The number of hydrogen-bond acceptors (Lipinski definition) is 5. The van der Waals surface area contributed by atoms with E-state index in [1.165, 1.54) is 16.5 Å². The maximum Gasteiger partial charge on any atom is 0.173 e. The van der Waals surface area contributed by atoms with E-state index < -0.39 is 17.4 Å². The first-order chi connectivity index (χ1) is 14.0. The maximum atomic E-state index is 15.0. The van der Waals surface area contributed by atoms with E-state index >= 15 is 0 Å². The van der Waals surface area contributed by atoms with Crippen LogP contribution in [-0.4, -0.2) is 37.8 Å². The minimum Gasteiger partial charge on any atom is -0.505 e. The molecule has 3 aromatic heterocycles. The zero-order valence-corrected chi connectivity index (χ0v) is 15.5. The van der Waals surface area contributed by atoms with Crippen molar-refractivity contribution in [1.82, 2.24) is 24.9 Å². The Morgan fingerprint density at radius 1 is 1.10 bits per heavy atom. The summed E-state index contributed by atoms with van der Waals surface area (Å²) in [5.41, 5.74) is 2.86. The summed E-state index contributed by atoms with van der Waals surface area (Å²) in [5.74, 6) is -1.61. The quantitative estimate of drug-likeness (QED) is 0.558. The summed E-state index contributed by atoms with van der Waals surface area (Å²) < 4.78 is 31.1. The highest BCUT2D eigenvalue weighted by Gasteiger charge is 2.22. The van der Waals surface area contributed by atoms with Crippen molar-refractivity contribution in [3.05, 3.63) is 65.7 Å². The average Bonchev–Trinajstić information content (AvgIpc) is 3.04. The molecule has 0 amide bonds. The molecule has 0 bridgehead atoms. The number of aromatic hydroxyl groups is 1. The van der Waals surface area contributed by atoms with Crippen molar-refractivity contribution in [3.8, 4) is 28.1 Å². The average molecular weight is 393 g/mol. The number of phenols is 1. The third kappa shape index (κ3) is 2.92. The highest BCUT2D eigenvalue weighted by Crippen LogP contribution is 2.38. The van der Waals surface area contributed by atoms with Gasteiger partial charge in [0.2, 0.25) is 0 Å². The third-order valence-electron chi connectivity index (χ3n) is 5.20. The molecular formula is C21H17F2N5O. The molecule has 8 heteroatoms. The van der Waals surface area contributed by atoms with Crippen LogP contribution < -0.4 is 5.32 Å². The van der Waals surface area contributed by atoms with Gasteiger partial charge in [-0.05, 0) is 37.3 Å². The van der Waals surface area contributed by atoms with Crippen LogP contribution in [0.15, 0.2) is 42.7 Å². The predicted molar refractivity (Wildman–Crippen MR) is 104 cm³/mol. The van der Waals surface area contributed by atoms with Gasteiger partial charge in [-0.2, -0.15) is 10.2 Å².